The summed E-state index contributed by atoms with van der Waals surface area (Å²) in [5.41, 5.74) is 1.29. The minimum atomic E-state index is -3.52. The molecule has 0 radical (unpaired) electrons. The first kappa shape index (κ1) is 22.5. The molecular formula is C25H19FN4O4S. The number of ether oxygens (including phenoxy) is 1. The SMILES string of the molecule is COc1ccc(-n2cnc3ncn(-c4ccc(-c5ccccc5S(C)(=O)=O)cc4F)c(=O)c32)cc1. The Bertz CT molecular complexity index is 1740. The molecule has 176 valence electrons. The van der Waals surface area contributed by atoms with Gasteiger partial charge in [0.25, 0.3) is 5.56 Å². The highest BCUT2D eigenvalue weighted by atomic mass is 32.2. The van der Waals surface area contributed by atoms with E-state index in [0.29, 0.717) is 22.6 Å². The Kier molecular flexibility index (Phi) is 5.45. The smallest absolute Gasteiger partial charge is 0.284 e. The van der Waals surface area contributed by atoms with E-state index in [4.69, 9.17) is 4.74 Å². The summed E-state index contributed by atoms with van der Waals surface area (Å²) in [5, 5.41) is 0. The normalized spacial score (nSPS) is 11.6. The van der Waals surface area contributed by atoms with Crippen molar-refractivity contribution in [2.24, 2.45) is 0 Å². The van der Waals surface area contributed by atoms with Crippen LogP contribution in [0.1, 0.15) is 0 Å². The Balaban J connectivity index is 1.63. The molecule has 3 aromatic carbocycles. The quantitative estimate of drug-likeness (QED) is 0.372. The minimum absolute atomic E-state index is 0.0209. The number of methoxy groups -OCH3 is 1. The summed E-state index contributed by atoms with van der Waals surface area (Å²) >= 11 is 0. The standard InChI is InChI=1S/C25H19FN4O4S/c1-34-18-10-8-17(9-11-18)29-14-27-24-23(29)25(31)30(15-28-24)21-12-7-16(13-20(21)26)19-5-3-4-6-22(19)35(2,32)33/h3-15H,1-2H3. The largest absolute Gasteiger partial charge is 0.497 e. The molecule has 0 spiro atoms. The number of rotatable bonds is 5. The molecule has 0 saturated heterocycles. The van der Waals surface area contributed by atoms with Gasteiger partial charge in [-0.1, -0.05) is 24.3 Å². The zero-order valence-electron chi connectivity index (χ0n) is 18.7. The van der Waals surface area contributed by atoms with Crippen LogP contribution >= 0.6 is 0 Å². The predicted octanol–water partition coefficient (Wildman–Crippen LogP) is 3.79. The van der Waals surface area contributed by atoms with E-state index >= 15 is 4.39 Å². The highest BCUT2D eigenvalue weighted by molar-refractivity contribution is 7.90. The van der Waals surface area contributed by atoms with Gasteiger partial charge in [-0.25, -0.2) is 22.8 Å². The van der Waals surface area contributed by atoms with Crippen LogP contribution in [0.25, 0.3) is 33.7 Å². The van der Waals surface area contributed by atoms with Crippen LogP contribution in [-0.2, 0) is 9.84 Å². The van der Waals surface area contributed by atoms with Gasteiger partial charge in [-0.2, -0.15) is 0 Å². The summed E-state index contributed by atoms with van der Waals surface area (Å²) in [6.45, 7) is 0. The molecule has 5 rings (SSSR count). The fourth-order valence-corrected chi connectivity index (χ4v) is 4.83. The zero-order chi connectivity index (χ0) is 24.7. The molecule has 0 unspecified atom stereocenters. The Morgan fingerprint density at radius 1 is 0.914 bits per heavy atom. The van der Waals surface area contributed by atoms with Crippen molar-refractivity contribution in [3.63, 3.8) is 0 Å². The van der Waals surface area contributed by atoms with Crippen LogP contribution in [0.4, 0.5) is 4.39 Å². The van der Waals surface area contributed by atoms with Gasteiger partial charge in [-0.3, -0.25) is 13.9 Å². The van der Waals surface area contributed by atoms with Crippen LogP contribution in [0, 0.1) is 5.82 Å². The van der Waals surface area contributed by atoms with E-state index in [1.807, 2.05) is 0 Å². The molecular weight excluding hydrogens is 471 g/mol. The average molecular weight is 491 g/mol. The van der Waals surface area contributed by atoms with Crippen molar-refractivity contribution in [2.75, 3.05) is 13.4 Å². The van der Waals surface area contributed by atoms with Crippen molar-refractivity contribution >= 4 is 21.0 Å². The summed E-state index contributed by atoms with van der Waals surface area (Å²) in [4.78, 5) is 21.9. The van der Waals surface area contributed by atoms with Gasteiger partial charge in [-0.15, -0.1) is 0 Å². The molecule has 0 aliphatic heterocycles. The Morgan fingerprint density at radius 2 is 1.60 bits per heavy atom. The van der Waals surface area contributed by atoms with Crippen molar-refractivity contribution in [3.8, 4) is 28.3 Å². The van der Waals surface area contributed by atoms with Gasteiger partial charge >= 0.3 is 0 Å². The van der Waals surface area contributed by atoms with Crippen LogP contribution in [0.5, 0.6) is 5.75 Å². The number of hydrogen-bond acceptors (Lipinski definition) is 6. The molecule has 0 amide bonds. The van der Waals surface area contributed by atoms with Crippen LogP contribution < -0.4 is 10.3 Å². The molecule has 35 heavy (non-hydrogen) atoms. The molecule has 2 heterocycles. The third-order valence-corrected chi connectivity index (χ3v) is 6.78. The van der Waals surface area contributed by atoms with Crippen LogP contribution in [0.2, 0.25) is 0 Å². The Hall–Kier alpha value is -4.31. The maximum Gasteiger partial charge on any atom is 0.284 e. The summed E-state index contributed by atoms with van der Waals surface area (Å²) in [7, 11) is -1.96. The number of nitrogens with zero attached hydrogens (tertiary/aromatic N) is 4. The number of sulfone groups is 1. The number of imidazole rings is 1. The van der Waals surface area contributed by atoms with E-state index in [9.17, 15) is 13.2 Å². The van der Waals surface area contributed by atoms with Crippen molar-refractivity contribution in [3.05, 3.63) is 95.6 Å². The molecule has 5 aromatic rings. The fraction of sp³-hybridized carbons (Fsp3) is 0.0800. The average Bonchev–Trinajstić information content (AvgIpc) is 3.29. The first-order valence-electron chi connectivity index (χ1n) is 10.5. The molecule has 8 nitrogen and oxygen atoms in total. The summed E-state index contributed by atoms with van der Waals surface area (Å²) in [6, 6.07) is 17.6. The maximum absolute atomic E-state index is 15.3. The Labute approximate surface area is 199 Å². The number of halogens is 1. The first-order valence-corrected chi connectivity index (χ1v) is 12.4. The Morgan fingerprint density at radius 3 is 2.26 bits per heavy atom. The number of fused-ring (bicyclic) bond motifs is 1. The molecule has 2 aromatic heterocycles. The van der Waals surface area contributed by atoms with Crippen LogP contribution in [0.15, 0.2) is 89.1 Å². The highest BCUT2D eigenvalue weighted by Gasteiger charge is 2.18. The summed E-state index contributed by atoms with van der Waals surface area (Å²) in [5.74, 6) is -0.0436. The highest BCUT2D eigenvalue weighted by Crippen LogP contribution is 2.29. The number of hydrogen-bond donors (Lipinski definition) is 0. The van der Waals surface area contributed by atoms with E-state index in [0.717, 1.165) is 10.8 Å². The molecule has 0 aliphatic carbocycles. The fourth-order valence-electron chi connectivity index (χ4n) is 3.92. The second-order valence-corrected chi connectivity index (χ2v) is 9.82. The predicted molar refractivity (Wildman–Crippen MR) is 130 cm³/mol. The van der Waals surface area contributed by atoms with Gasteiger partial charge in [0.2, 0.25) is 0 Å². The van der Waals surface area contributed by atoms with E-state index in [2.05, 4.69) is 9.97 Å². The van der Waals surface area contributed by atoms with Crippen molar-refractivity contribution in [1.29, 1.82) is 0 Å². The van der Waals surface area contributed by atoms with Crippen molar-refractivity contribution in [1.82, 2.24) is 19.1 Å². The molecule has 0 saturated carbocycles. The topological polar surface area (TPSA) is 96.1 Å². The van der Waals surface area contributed by atoms with Crippen molar-refractivity contribution in [2.45, 2.75) is 4.90 Å². The summed E-state index contributed by atoms with van der Waals surface area (Å²) < 4.78 is 47.5. The monoisotopic (exact) mass is 490 g/mol. The zero-order valence-corrected chi connectivity index (χ0v) is 19.5. The second kappa shape index (κ2) is 8.48. The molecule has 10 heteroatoms. The van der Waals surface area contributed by atoms with E-state index in [1.165, 1.54) is 30.9 Å². The lowest BCUT2D eigenvalue weighted by molar-refractivity contribution is 0.415. The van der Waals surface area contributed by atoms with Gasteiger partial charge in [0.15, 0.2) is 21.0 Å². The number of aromatic nitrogens is 4. The van der Waals surface area contributed by atoms with Gasteiger partial charge in [0, 0.05) is 17.5 Å². The molecule has 0 aliphatic rings. The van der Waals surface area contributed by atoms with Gasteiger partial charge in [0.1, 0.15) is 24.2 Å². The maximum atomic E-state index is 15.3. The third-order valence-electron chi connectivity index (χ3n) is 5.62. The van der Waals surface area contributed by atoms with Gasteiger partial charge in [-0.05, 0) is 48.0 Å². The molecule has 0 fully saturated rings. The first-order chi connectivity index (χ1) is 16.8. The second-order valence-electron chi connectivity index (χ2n) is 7.84. The minimum Gasteiger partial charge on any atom is -0.497 e. The third kappa shape index (κ3) is 3.97. The van der Waals surface area contributed by atoms with E-state index in [-0.39, 0.29) is 21.7 Å². The van der Waals surface area contributed by atoms with E-state index in [1.54, 1.807) is 60.2 Å². The summed E-state index contributed by atoms with van der Waals surface area (Å²) in [6.07, 6.45) is 3.80. The molecule has 0 atom stereocenters. The lowest BCUT2D eigenvalue weighted by atomic mass is 10.0. The van der Waals surface area contributed by atoms with Crippen LogP contribution in [-0.4, -0.2) is 40.9 Å². The molecule has 0 bridgehead atoms. The molecule has 0 N–H and O–H groups in total. The lowest BCUT2D eigenvalue weighted by Crippen LogP contribution is -2.21. The van der Waals surface area contributed by atoms with Crippen molar-refractivity contribution < 1.29 is 17.5 Å². The van der Waals surface area contributed by atoms with Crippen LogP contribution in [0.3, 0.4) is 0 Å². The van der Waals surface area contributed by atoms with Gasteiger partial charge < -0.3 is 4.74 Å². The lowest BCUT2D eigenvalue weighted by Gasteiger charge is -2.12. The number of benzene rings is 3. The van der Waals surface area contributed by atoms with Gasteiger partial charge in [0.05, 0.1) is 17.7 Å². The van der Waals surface area contributed by atoms with E-state index < -0.39 is 21.2 Å².